The van der Waals surface area contributed by atoms with E-state index >= 15 is 0 Å². The molecule has 0 N–H and O–H groups in total. The highest BCUT2D eigenvalue weighted by molar-refractivity contribution is 5.77. The molecule has 2 nitrogen and oxygen atoms in total. The molecule has 1 atom stereocenters. The molecule has 2 aliphatic rings. The molecule has 1 unspecified atom stereocenters. The summed E-state index contributed by atoms with van der Waals surface area (Å²) in [4.78, 5) is 4.81. The Balaban J connectivity index is 0.00000220. The van der Waals surface area contributed by atoms with E-state index in [9.17, 15) is 0 Å². The van der Waals surface area contributed by atoms with Crippen molar-refractivity contribution in [2.24, 2.45) is 5.92 Å². The van der Waals surface area contributed by atoms with Crippen molar-refractivity contribution in [2.45, 2.75) is 91.9 Å². The second-order valence-electron chi connectivity index (χ2n) is 14.5. The Labute approximate surface area is 308 Å². The lowest BCUT2D eigenvalue weighted by atomic mass is 9.65. The van der Waals surface area contributed by atoms with Crippen LogP contribution in [0.4, 0.5) is 28.4 Å². The van der Waals surface area contributed by atoms with Crippen molar-refractivity contribution < 1.29 is 0 Å². The SMILES string of the molecule is CC.Cc1ccc(N(C2=CCCC(C)C=C2)c2ccc(C3(c4ccc(N(c5ccc(C)cc5)c5ccc(C)cc5)cc4)CCCCC3)cc2)cc1. The van der Waals surface area contributed by atoms with Crippen LogP contribution in [0.2, 0.25) is 0 Å². The van der Waals surface area contributed by atoms with E-state index in [2.05, 4.69) is 177 Å². The standard InChI is InChI=1S/C47H50N2.C2H6/c1-35-9-8-10-41(22-11-35)48(42-23-12-36(2)13-24-42)45-29-18-39(19-30-45)47(33-6-5-7-34-47)40-20-31-46(32-21-40)49(43-25-14-37(3)15-26-43)44-27-16-38(4)17-28-44;1-2/h10-32,35H,5-9,33-34H2,1-4H3;1-2H3. The second-order valence-corrected chi connectivity index (χ2v) is 14.5. The molecule has 1 fully saturated rings. The van der Waals surface area contributed by atoms with Crippen LogP contribution < -0.4 is 9.80 Å². The third-order valence-electron chi connectivity index (χ3n) is 10.8. The quantitative estimate of drug-likeness (QED) is 0.162. The van der Waals surface area contributed by atoms with E-state index in [1.807, 2.05) is 13.8 Å². The molecule has 0 aromatic heterocycles. The van der Waals surface area contributed by atoms with Crippen LogP contribution in [0.25, 0.3) is 0 Å². The molecule has 5 aromatic carbocycles. The van der Waals surface area contributed by atoms with Gasteiger partial charge < -0.3 is 9.80 Å². The molecule has 0 heterocycles. The van der Waals surface area contributed by atoms with Crippen molar-refractivity contribution in [1.29, 1.82) is 0 Å². The second kappa shape index (κ2) is 16.5. The first-order valence-corrected chi connectivity index (χ1v) is 19.3. The first-order chi connectivity index (χ1) is 24.9. The van der Waals surface area contributed by atoms with Gasteiger partial charge in [-0.05, 0) is 130 Å². The Morgan fingerprint density at radius 3 is 1.27 bits per heavy atom. The third kappa shape index (κ3) is 8.07. The highest BCUT2D eigenvalue weighted by atomic mass is 15.1. The zero-order valence-corrected chi connectivity index (χ0v) is 31.7. The molecule has 0 saturated heterocycles. The van der Waals surface area contributed by atoms with Crippen LogP contribution in [-0.4, -0.2) is 0 Å². The summed E-state index contributed by atoms with van der Waals surface area (Å²) in [6.07, 6.45) is 15.6. The van der Waals surface area contributed by atoms with Gasteiger partial charge in [-0.1, -0.05) is 130 Å². The Morgan fingerprint density at radius 1 is 0.490 bits per heavy atom. The van der Waals surface area contributed by atoms with E-state index in [0.717, 1.165) is 6.42 Å². The highest BCUT2D eigenvalue weighted by Crippen LogP contribution is 2.47. The minimum absolute atomic E-state index is 0.0134. The molecule has 0 amide bonds. The van der Waals surface area contributed by atoms with Crippen molar-refractivity contribution in [3.8, 4) is 0 Å². The van der Waals surface area contributed by atoms with E-state index in [1.165, 1.54) is 100 Å². The number of rotatable bonds is 8. The van der Waals surface area contributed by atoms with Gasteiger partial charge in [0.05, 0.1) is 0 Å². The number of allylic oxidation sites excluding steroid dienone is 3. The number of benzene rings is 5. The summed E-state index contributed by atoms with van der Waals surface area (Å²) < 4.78 is 0. The Bertz CT molecular complexity index is 1840. The molecule has 0 radical (unpaired) electrons. The lowest BCUT2D eigenvalue weighted by Crippen LogP contribution is -2.30. The van der Waals surface area contributed by atoms with Gasteiger partial charge in [-0.15, -0.1) is 0 Å². The van der Waals surface area contributed by atoms with Gasteiger partial charge >= 0.3 is 0 Å². The van der Waals surface area contributed by atoms with Gasteiger partial charge in [0.15, 0.2) is 0 Å². The Kier molecular flexibility index (Phi) is 11.6. The van der Waals surface area contributed by atoms with Crippen LogP contribution in [0.3, 0.4) is 0 Å². The topological polar surface area (TPSA) is 6.48 Å². The first-order valence-electron chi connectivity index (χ1n) is 19.3. The molecule has 2 aliphatic carbocycles. The normalized spacial score (nSPS) is 16.7. The van der Waals surface area contributed by atoms with Crippen LogP contribution in [-0.2, 0) is 5.41 Å². The van der Waals surface area contributed by atoms with Crippen LogP contribution >= 0.6 is 0 Å². The molecule has 2 heteroatoms. The number of anilines is 5. The summed E-state index contributed by atoms with van der Waals surface area (Å²) >= 11 is 0. The third-order valence-corrected chi connectivity index (χ3v) is 10.8. The van der Waals surface area contributed by atoms with E-state index in [4.69, 9.17) is 0 Å². The van der Waals surface area contributed by atoms with Gasteiger partial charge in [0.2, 0.25) is 0 Å². The van der Waals surface area contributed by atoms with Gasteiger partial charge in [-0.2, -0.15) is 0 Å². The van der Waals surface area contributed by atoms with Crippen molar-refractivity contribution in [3.05, 3.63) is 173 Å². The van der Waals surface area contributed by atoms with E-state index in [-0.39, 0.29) is 5.41 Å². The zero-order chi connectivity index (χ0) is 35.8. The van der Waals surface area contributed by atoms with Crippen LogP contribution in [0.5, 0.6) is 0 Å². The number of aryl methyl sites for hydroxylation is 3. The Morgan fingerprint density at radius 2 is 0.863 bits per heavy atom. The predicted octanol–water partition coefficient (Wildman–Crippen LogP) is 14.4. The summed E-state index contributed by atoms with van der Waals surface area (Å²) in [6.45, 7) is 12.8. The molecular weight excluding hydrogens is 617 g/mol. The van der Waals surface area contributed by atoms with Crippen molar-refractivity contribution in [3.63, 3.8) is 0 Å². The van der Waals surface area contributed by atoms with Gasteiger partial charge in [0, 0.05) is 39.5 Å². The maximum absolute atomic E-state index is 2.44. The Hall–Kier alpha value is -4.82. The summed E-state index contributed by atoms with van der Waals surface area (Å²) in [5.41, 5.74) is 13.9. The summed E-state index contributed by atoms with van der Waals surface area (Å²) in [7, 11) is 0. The highest BCUT2D eigenvalue weighted by Gasteiger charge is 2.36. The zero-order valence-electron chi connectivity index (χ0n) is 31.7. The molecule has 5 aromatic rings. The summed E-state index contributed by atoms with van der Waals surface area (Å²) in [5, 5.41) is 0. The van der Waals surface area contributed by atoms with Crippen LogP contribution in [0.15, 0.2) is 145 Å². The number of hydrogen-bond acceptors (Lipinski definition) is 2. The first kappa shape index (κ1) is 36.0. The largest absolute Gasteiger partial charge is 0.311 e. The fraction of sp³-hybridized carbons (Fsp3) is 0.306. The summed E-state index contributed by atoms with van der Waals surface area (Å²) in [5.74, 6) is 0.592. The number of hydrogen-bond donors (Lipinski definition) is 0. The predicted molar refractivity (Wildman–Crippen MR) is 221 cm³/mol. The molecule has 0 bridgehead atoms. The molecular formula is C49H56N2. The molecule has 0 aliphatic heterocycles. The molecule has 51 heavy (non-hydrogen) atoms. The average Bonchev–Trinajstić information content (AvgIpc) is 3.39. The van der Waals surface area contributed by atoms with E-state index in [1.54, 1.807) is 0 Å². The average molecular weight is 673 g/mol. The monoisotopic (exact) mass is 672 g/mol. The molecule has 0 spiro atoms. The van der Waals surface area contributed by atoms with Crippen LogP contribution in [0.1, 0.15) is 93.5 Å². The molecule has 262 valence electrons. The van der Waals surface area contributed by atoms with E-state index < -0.39 is 0 Å². The van der Waals surface area contributed by atoms with Crippen LogP contribution in [0, 0.1) is 26.7 Å². The maximum atomic E-state index is 2.44. The smallest absolute Gasteiger partial charge is 0.0461 e. The van der Waals surface area contributed by atoms with Gasteiger partial charge in [-0.3, -0.25) is 0 Å². The number of nitrogens with zero attached hydrogens (tertiary/aromatic N) is 2. The lowest BCUT2D eigenvalue weighted by Gasteiger charge is -2.39. The van der Waals surface area contributed by atoms with Crippen molar-refractivity contribution in [1.82, 2.24) is 0 Å². The summed E-state index contributed by atoms with van der Waals surface area (Å²) in [6, 6.07) is 45.7. The lowest BCUT2D eigenvalue weighted by molar-refractivity contribution is 0.346. The maximum Gasteiger partial charge on any atom is 0.0461 e. The molecule has 7 rings (SSSR count). The van der Waals surface area contributed by atoms with E-state index in [0.29, 0.717) is 5.92 Å². The minimum Gasteiger partial charge on any atom is -0.311 e. The van der Waals surface area contributed by atoms with Gasteiger partial charge in [-0.25, -0.2) is 0 Å². The minimum atomic E-state index is 0.0134. The van der Waals surface area contributed by atoms with Crippen molar-refractivity contribution in [2.75, 3.05) is 9.80 Å². The fourth-order valence-corrected chi connectivity index (χ4v) is 7.82. The van der Waals surface area contributed by atoms with Crippen molar-refractivity contribution >= 4 is 28.4 Å². The van der Waals surface area contributed by atoms with Gasteiger partial charge in [0.1, 0.15) is 0 Å². The molecule has 1 saturated carbocycles. The fourth-order valence-electron chi connectivity index (χ4n) is 7.82. The van der Waals surface area contributed by atoms with Gasteiger partial charge in [0.25, 0.3) is 0 Å².